The van der Waals surface area contributed by atoms with Crippen molar-refractivity contribution >= 4 is 5.97 Å². The summed E-state index contributed by atoms with van der Waals surface area (Å²) in [5, 5.41) is 9.12. The highest BCUT2D eigenvalue weighted by molar-refractivity contribution is 5.74. The molecule has 21 heavy (non-hydrogen) atoms. The zero-order chi connectivity index (χ0) is 16.0. The number of aliphatic carboxylic acids is 1. The maximum atomic E-state index is 13.2. The molecule has 4 atom stereocenters. The molecule has 1 aromatic rings. The van der Waals surface area contributed by atoms with Crippen LogP contribution in [0.15, 0.2) is 18.3 Å². The van der Waals surface area contributed by atoms with Gasteiger partial charge in [-0.15, -0.1) is 0 Å². The van der Waals surface area contributed by atoms with Crippen LogP contribution in [0, 0.1) is 11.7 Å². The molecule has 8 heteroatoms. The molecule has 0 aromatic carbocycles. The number of carboxylic acids is 1. The van der Waals surface area contributed by atoms with Crippen LogP contribution in [0.2, 0.25) is 0 Å². The molecule has 0 spiro atoms. The third kappa shape index (κ3) is 2.48. The Bertz CT molecular complexity index is 545. The predicted octanol–water partition coefficient (Wildman–Crippen LogP) is 2.74. The second-order valence-electron chi connectivity index (χ2n) is 5.20. The van der Waals surface area contributed by atoms with Crippen molar-refractivity contribution in [3.63, 3.8) is 0 Å². The van der Waals surface area contributed by atoms with E-state index in [1.807, 2.05) is 0 Å². The lowest BCUT2D eigenvalue weighted by atomic mass is 9.79. The van der Waals surface area contributed by atoms with Gasteiger partial charge in [0.05, 0.1) is 6.20 Å². The summed E-state index contributed by atoms with van der Waals surface area (Å²) in [6.45, 7) is 2.07. The highest BCUT2D eigenvalue weighted by Crippen LogP contribution is 2.52. The number of alkyl halides is 3. The number of rotatable bonds is 2. The average Bonchev–Trinajstić information content (AvgIpc) is 2.65. The molecule has 0 amide bonds. The highest BCUT2D eigenvalue weighted by atomic mass is 19.4. The lowest BCUT2D eigenvalue weighted by Crippen LogP contribution is -2.47. The lowest BCUT2D eigenvalue weighted by Gasteiger charge is -2.31. The highest BCUT2D eigenvalue weighted by Gasteiger charge is 2.65. The molecule has 0 unspecified atom stereocenters. The van der Waals surface area contributed by atoms with Crippen molar-refractivity contribution in [2.45, 2.75) is 37.6 Å². The van der Waals surface area contributed by atoms with Gasteiger partial charge in [0, 0.05) is 17.5 Å². The summed E-state index contributed by atoms with van der Waals surface area (Å²) in [5.41, 5.74) is -2.54. The van der Waals surface area contributed by atoms with E-state index in [0.29, 0.717) is 0 Å². The van der Waals surface area contributed by atoms with Gasteiger partial charge in [-0.2, -0.15) is 13.2 Å². The molecule has 0 saturated carbocycles. The van der Waals surface area contributed by atoms with E-state index in [9.17, 15) is 22.4 Å². The fourth-order valence-corrected chi connectivity index (χ4v) is 2.57. The largest absolute Gasteiger partial charge is 0.479 e. The molecular formula is C13H13F4NO3. The molecule has 0 bridgehead atoms. The van der Waals surface area contributed by atoms with Crippen LogP contribution in [0.3, 0.4) is 0 Å². The number of halogens is 4. The van der Waals surface area contributed by atoms with E-state index < -0.39 is 41.5 Å². The molecule has 1 aromatic heterocycles. The fraction of sp³-hybridized carbons (Fsp3) is 0.538. The normalized spacial score (nSPS) is 33.1. The van der Waals surface area contributed by atoms with Crippen molar-refractivity contribution < 1.29 is 32.2 Å². The Balaban J connectivity index is 2.47. The molecule has 0 radical (unpaired) electrons. The Labute approximate surface area is 117 Å². The van der Waals surface area contributed by atoms with Crippen LogP contribution in [-0.2, 0) is 9.53 Å². The lowest BCUT2D eigenvalue weighted by molar-refractivity contribution is -0.273. The summed E-state index contributed by atoms with van der Waals surface area (Å²) in [6.07, 6.45) is -5.58. The number of nitrogens with zero attached hydrogens (tertiary/aromatic N) is 1. The molecule has 1 saturated heterocycles. The van der Waals surface area contributed by atoms with Crippen LogP contribution in [0.5, 0.6) is 0 Å². The molecule has 1 fully saturated rings. The van der Waals surface area contributed by atoms with Gasteiger partial charge in [-0.3, -0.25) is 4.98 Å². The van der Waals surface area contributed by atoms with E-state index in [1.165, 1.54) is 13.0 Å². The van der Waals surface area contributed by atoms with Crippen LogP contribution in [-0.4, -0.2) is 33.9 Å². The fourth-order valence-electron chi connectivity index (χ4n) is 2.57. The summed E-state index contributed by atoms with van der Waals surface area (Å²) < 4.78 is 57.3. The van der Waals surface area contributed by atoms with Crippen LogP contribution >= 0.6 is 0 Å². The second-order valence-corrected chi connectivity index (χ2v) is 5.20. The van der Waals surface area contributed by atoms with Crippen LogP contribution in [0.25, 0.3) is 0 Å². The summed E-state index contributed by atoms with van der Waals surface area (Å²) in [6, 6.07) is 2.20. The molecule has 116 valence electrons. The van der Waals surface area contributed by atoms with Crippen LogP contribution < -0.4 is 0 Å². The van der Waals surface area contributed by atoms with Gasteiger partial charge in [0.25, 0.3) is 0 Å². The summed E-state index contributed by atoms with van der Waals surface area (Å²) in [4.78, 5) is 14.9. The maximum Gasteiger partial charge on any atom is 0.417 e. The molecular weight excluding hydrogens is 294 g/mol. The molecule has 4 nitrogen and oxygen atoms in total. The van der Waals surface area contributed by atoms with Gasteiger partial charge in [-0.05, 0) is 19.1 Å². The van der Waals surface area contributed by atoms with Crippen LogP contribution in [0.4, 0.5) is 17.6 Å². The van der Waals surface area contributed by atoms with Crippen molar-refractivity contribution in [2.24, 2.45) is 5.92 Å². The molecule has 1 aliphatic heterocycles. The van der Waals surface area contributed by atoms with Gasteiger partial charge in [0.1, 0.15) is 5.82 Å². The minimum absolute atomic E-state index is 0.0595. The quantitative estimate of drug-likeness (QED) is 0.854. The van der Waals surface area contributed by atoms with E-state index in [1.54, 1.807) is 0 Å². The molecule has 1 N–H and O–H groups in total. The first-order valence-corrected chi connectivity index (χ1v) is 6.16. The number of hydrogen-bond donors (Lipinski definition) is 1. The standard InChI is InChI=1S/C13H13F4NO3/c1-6-9(8-4-3-7(14)5-18-8)10(11(19)20)21-12(6,2)13(15,16)17/h3-6,9-10H,1-2H3,(H,19,20)/t6-,9-,10+,12+/m0/s1. The van der Waals surface area contributed by atoms with E-state index in [2.05, 4.69) is 4.98 Å². The Kier molecular flexibility index (Phi) is 3.69. The number of carbonyl (C=O) groups is 1. The first kappa shape index (κ1) is 15.7. The smallest absolute Gasteiger partial charge is 0.417 e. The van der Waals surface area contributed by atoms with Crippen molar-refractivity contribution in [1.82, 2.24) is 4.98 Å². The SMILES string of the molecule is C[C@H]1[C@@H](c2ccc(F)cn2)[C@H](C(=O)O)O[C@@]1(C)C(F)(F)F. The number of ether oxygens (including phenoxy) is 1. The van der Waals surface area contributed by atoms with Gasteiger partial charge in [0.15, 0.2) is 11.7 Å². The second kappa shape index (κ2) is 4.94. The van der Waals surface area contributed by atoms with Crippen molar-refractivity contribution in [3.05, 3.63) is 29.8 Å². The Hall–Kier alpha value is -1.70. The van der Waals surface area contributed by atoms with E-state index in [4.69, 9.17) is 9.84 Å². The number of pyridine rings is 1. The molecule has 2 rings (SSSR count). The van der Waals surface area contributed by atoms with Gasteiger partial charge < -0.3 is 9.84 Å². The first-order valence-electron chi connectivity index (χ1n) is 6.16. The van der Waals surface area contributed by atoms with Gasteiger partial charge in [0.2, 0.25) is 0 Å². The average molecular weight is 307 g/mol. The maximum absolute atomic E-state index is 13.2. The predicted molar refractivity (Wildman–Crippen MR) is 63.1 cm³/mol. The number of hydrogen-bond acceptors (Lipinski definition) is 3. The third-order valence-corrected chi connectivity index (χ3v) is 4.00. The van der Waals surface area contributed by atoms with E-state index in [-0.39, 0.29) is 5.69 Å². The molecule has 0 aliphatic carbocycles. The van der Waals surface area contributed by atoms with E-state index >= 15 is 0 Å². The third-order valence-electron chi connectivity index (χ3n) is 4.00. The minimum atomic E-state index is -4.73. The first-order chi connectivity index (χ1) is 9.58. The Morgan fingerprint density at radius 3 is 2.48 bits per heavy atom. The van der Waals surface area contributed by atoms with Gasteiger partial charge >= 0.3 is 12.1 Å². The summed E-state index contributed by atoms with van der Waals surface area (Å²) >= 11 is 0. The summed E-state index contributed by atoms with van der Waals surface area (Å²) in [5.74, 6) is -4.46. The minimum Gasteiger partial charge on any atom is -0.479 e. The van der Waals surface area contributed by atoms with Gasteiger partial charge in [-0.25, -0.2) is 9.18 Å². The topological polar surface area (TPSA) is 59.4 Å². The van der Waals surface area contributed by atoms with Crippen molar-refractivity contribution in [2.75, 3.05) is 0 Å². The Morgan fingerprint density at radius 1 is 1.43 bits per heavy atom. The number of aromatic nitrogens is 1. The monoisotopic (exact) mass is 307 g/mol. The number of carboxylic acid groups (broad SMARTS) is 1. The zero-order valence-corrected chi connectivity index (χ0v) is 11.2. The van der Waals surface area contributed by atoms with E-state index in [0.717, 1.165) is 19.2 Å². The molecule has 2 heterocycles. The molecule has 1 aliphatic rings. The Morgan fingerprint density at radius 2 is 2.05 bits per heavy atom. The van der Waals surface area contributed by atoms with Crippen molar-refractivity contribution in [1.29, 1.82) is 0 Å². The summed E-state index contributed by atoms with van der Waals surface area (Å²) in [7, 11) is 0. The van der Waals surface area contributed by atoms with Crippen molar-refractivity contribution in [3.8, 4) is 0 Å². The zero-order valence-electron chi connectivity index (χ0n) is 11.2. The van der Waals surface area contributed by atoms with Crippen LogP contribution in [0.1, 0.15) is 25.5 Å². The van der Waals surface area contributed by atoms with Gasteiger partial charge in [-0.1, -0.05) is 6.92 Å².